The molecule has 1 saturated heterocycles. The SMILES string of the molecule is C#CCOC(=O)C[C@@H]1NC(=O)OC1=O. The molecule has 0 aromatic heterocycles. The molecule has 1 rings (SSSR count). The van der Waals surface area contributed by atoms with E-state index in [1.165, 1.54) is 0 Å². The van der Waals surface area contributed by atoms with E-state index in [0.29, 0.717) is 0 Å². The van der Waals surface area contributed by atoms with Crippen LogP contribution in [0.5, 0.6) is 0 Å². The van der Waals surface area contributed by atoms with Crippen LogP contribution in [-0.2, 0) is 19.1 Å². The maximum Gasteiger partial charge on any atom is 0.415 e. The van der Waals surface area contributed by atoms with Gasteiger partial charge in [-0.1, -0.05) is 5.92 Å². The second-order valence-corrected chi connectivity index (χ2v) is 2.47. The molecule has 0 bridgehead atoms. The van der Waals surface area contributed by atoms with Gasteiger partial charge >= 0.3 is 18.0 Å². The Hall–Kier alpha value is -2.03. The summed E-state index contributed by atoms with van der Waals surface area (Å²) in [7, 11) is 0. The number of rotatable bonds is 3. The molecule has 0 aromatic rings. The molecule has 1 heterocycles. The predicted octanol–water partition coefficient (Wildman–Crippen LogP) is -0.812. The van der Waals surface area contributed by atoms with Gasteiger partial charge in [-0.25, -0.2) is 9.59 Å². The van der Waals surface area contributed by atoms with Crippen molar-refractivity contribution in [2.45, 2.75) is 12.5 Å². The van der Waals surface area contributed by atoms with Crippen LogP contribution >= 0.6 is 0 Å². The highest BCUT2D eigenvalue weighted by molar-refractivity contribution is 5.97. The van der Waals surface area contributed by atoms with Crippen LogP contribution in [0.25, 0.3) is 0 Å². The van der Waals surface area contributed by atoms with Crippen LogP contribution in [0.4, 0.5) is 4.79 Å². The molecule has 1 N–H and O–H groups in total. The number of ether oxygens (including phenoxy) is 2. The van der Waals surface area contributed by atoms with Crippen molar-refractivity contribution in [3.8, 4) is 12.3 Å². The van der Waals surface area contributed by atoms with Gasteiger partial charge in [-0.3, -0.25) is 4.79 Å². The molecule has 1 atom stereocenters. The smallest absolute Gasteiger partial charge is 0.415 e. The first kappa shape index (κ1) is 10.1. The average Bonchev–Trinajstić information content (AvgIpc) is 2.42. The summed E-state index contributed by atoms with van der Waals surface area (Å²) >= 11 is 0. The highest BCUT2D eigenvalue weighted by atomic mass is 16.6. The van der Waals surface area contributed by atoms with Crippen molar-refractivity contribution in [2.24, 2.45) is 0 Å². The lowest BCUT2D eigenvalue weighted by Gasteiger charge is -2.03. The van der Waals surface area contributed by atoms with Gasteiger partial charge in [0.2, 0.25) is 0 Å². The summed E-state index contributed by atoms with van der Waals surface area (Å²) in [5.41, 5.74) is 0. The minimum absolute atomic E-state index is 0.158. The molecule has 0 radical (unpaired) electrons. The number of alkyl carbamates (subject to hydrolysis) is 1. The van der Waals surface area contributed by atoms with E-state index in [1.54, 1.807) is 0 Å². The first-order valence-corrected chi connectivity index (χ1v) is 3.74. The number of hydrogen-bond donors (Lipinski definition) is 1. The molecule has 0 aromatic carbocycles. The lowest BCUT2D eigenvalue weighted by molar-refractivity contribution is -0.146. The Morgan fingerprint density at radius 2 is 2.36 bits per heavy atom. The third kappa shape index (κ3) is 2.48. The maximum absolute atomic E-state index is 10.9. The number of hydrogen-bond acceptors (Lipinski definition) is 5. The fraction of sp³-hybridized carbons (Fsp3) is 0.375. The van der Waals surface area contributed by atoms with Crippen molar-refractivity contribution in [1.82, 2.24) is 5.32 Å². The summed E-state index contributed by atoms with van der Waals surface area (Å²) in [5.74, 6) is 0.652. The van der Waals surface area contributed by atoms with Gasteiger partial charge < -0.3 is 14.8 Å². The number of carbonyl (C=O) groups is 3. The third-order valence-corrected chi connectivity index (χ3v) is 1.46. The average molecular weight is 197 g/mol. The molecule has 6 heteroatoms. The highest BCUT2D eigenvalue weighted by Gasteiger charge is 2.34. The molecule has 1 amide bonds. The van der Waals surface area contributed by atoms with Crippen molar-refractivity contribution in [3.05, 3.63) is 0 Å². The first-order valence-electron chi connectivity index (χ1n) is 3.74. The monoisotopic (exact) mass is 197 g/mol. The number of amides is 1. The minimum atomic E-state index is -0.965. The molecule has 0 aliphatic carbocycles. The van der Waals surface area contributed by atoms with Gasteiger partial charge in [0.15, 0.2) is 6.61 Å². The molecular formula is C8H7NO5. The Labute approximate surface area is 79.5 Å². The van der Waals surface area contributed by atoms with Crippen LogP contribution in [-0.4, -0.2) is 30.7 Å². The van der Waals surface area contributed by atoms with E-state index in [4.69, 9.17) is 6.42 Å². The minimum Gasteiger partial charge on any atom is -0.452 e. The number of nitrogens with one attached hydrogen (secondary N) is 1. The maximum atomic E-state index is 10.9. The molecule has 0 unspecified atom stereocenters. The van der Waals surface area contributed by atoms with Gasteiger partial charge in [0, 0.05) is 0 Å². The molecule has 1 aliphatic rings. The van der Waals surface area contributed by atoms with Crippen LogP contribution in [0.2, 0.25) is 0 Å². The van der Waals surface area contributed by atoms with E-state index in [1.807, 2.05) is 0 Å². The molecule has 6 nitrogen and oxygen atoms in total. The van der Waals surface area contributed by atoms with Gasteiger partial charge in [-0.05, 0) is 0 Å². The Balaban J connectivity index is 2.38. The largest absolute Gasteiger partial charge is 0.452 e. The van der Waals surface area contributed by atoms with Gasteiger partial charge in [0.05, 0.1) is 6.42 Å². The zero-order valence-electron chi connectivity index (χ0n) is 7.11. The zero-order valence-corrected chi connectivity index (χ0v) is 7.11. The van der Waals surface area contributed by atoms with Crippen LogP contribution in [0.15, 0.2) is 0 Å². The Kier molecular flexibility index (Phi) is 3.07. The van der Waals surface area contributed by atoms with E-state index in [0.717, 1.165) is 0 Å². The molecular weight excluding hydrogens is 190 g/mol. The van der Waals surface area contributed by atoms with Crippen LogP contribution in [0.3, 0.4) is 0 Å². The molecule has 74 valence electrons. The van der Waals surface area contributed by atoms with Crippen molar-refractivity contribution >= 4 is 18.0 Å². The topological polar surface area (TPSA) is 81.7 Å². The summed E-state index contributed by atoms with van der Waals surface area (Å²) < 4.78 is 8.64. The molecule has 0 spiro atoms. The van der Waals surface area contributed by atoms with E-state index >= 15 is 0 Å². The Morgan fingerprint density at radius 1 is 1.64 bits per heavy atom. The molecule has 1 aliphatic heterocycles. The summed E-state index contributed by atoms with van der Waals surface area (Å²) in [4.78, 5) is 32.3. The lowest BCUT2D eigenvalue weighted by atomic mass is 10.2. The molecule has 0 saturated carbocycles. The Bertz CT molecular complexity index is 316. The summed E-state index contributed by atoms with van der Waals surface area (Å²) in [6, 6.07) is -0.965. The molecule has 14 heavy (non-hydrogen) atoms. The van der Waals surface area contributed by atoms with Crippen molar-refractivity contribution in [3.63, 3.8) is 0 Å². The van der Waals surface area contributed by atoms with Crippen LogP contribution < -0.4 is 5.32 Å². The van der Waals surface area contributed by atoms with Gasteiger partial charge in [0.25, 0.3) is 0 Å². The third-order valence-electron chi connectivity index (χ3n) is 1.46. The molecule has 1 fully saturated rings. The van der Waals surface area contributed by atoms with Crippen molar-refractivity contribution < 1.29 is 23.9 Å². The van der Waals surface area contributed by atoms with Gasteiger partial charge in [0.1, 0.15) is 6.04 Å². The second kappa shape index (κ2) is 4.28. The lowest BCUT2D eigenvalue weighted by Crippen LogP contribution is -2.31. The standard InChI is InChI=1S/C8H7NO5/c1-2-3-13-6(10)4-5-7(11)14-8(12)9-5/h1,5H,3-4H2,(H,9,12)/t5-/m0/s1. The predicted molar refractivity (Wildman–Crippen MR) is 42.8 cm³/mol. The van der Waals surface area contributed by atoms with E-state index in [2.05, 4.69) is 20.7 Å². The summed E-state index contributed by atoms with van der Waals surface area (Å²) in [5, 5.41) is 2.15. The zero-order chi connectivity index (χ0) is 10.6. The fourth-order valence-corrected chi connectivity index (χ4v) is 0.875. The number of esters is 2. The highest BCUT2D eigenvalue weighted by Crippen LogP contribution is 2.05. The van der Waals surface area contributed by atoms with Crippen molar-refractivity contribution in [2.75, 3.05) is 6.61 Å². The Morgan fingerprint density at radius 3 is 2.86 bits per heavy atom. The van der Waals surface area contributed by atoms with E-state index < -0.39 is 24.1 Å². The van der Waals surface area contributed by atoms with Gasteiger partial charge in [-0.15, -0.1) is 6.42 Å². The number of terminal acetylenes is 1. The van der Waals surface area contributed by atoms with E-state index in [9.17, 15) is 14.4 Å². The fourth-order valence-electron chi connectivity index (χ4n) is 0.875. The van der Waals surface area contributed by atoms with E-state index in [-0.39, 0.29) is 13.0 Å². The number of carbonyl (C=O) groups excluding carboxylic acids is 3. The van der Waals surface area contributed by atoms with Crippen LogP contribution in [0.1, 0.15) is 6.42 Å². The quantitative estimate of drug-likeness (QED) is 0.363. The summed E-state index contributed by atoms with van der Waals surface area (Å²) in [6.07, 6.45) is 3.72. The first-order chi connectivity index (χ1) is 6.63. The van der Waals surface area contributed by atoms with Crippen molar-refractivity contribution in [1.29, 1.82) is 0 Å². The van der Waals surface area contributed by atoms with Crippen LogP contribution in [0, 0.1) is 12.3 Å². The number of cyclic esters (lactones) is 2. The second-order valence-electron chi connectivity index (χ2n) is 2.47. The normalized spacial score (nSPS) is 19.5. The van der Waals surface area contributed by atoms with Gasteiger partial charge in [-0.2, -0.15) is 0 Å². The summed E-state index contributed by atoms with van der Waals surface area (Å²) in [6.45, 7) is -0.158.